The molecule has 8 nitrogen and oxygen atoms in total. The van der Waals surface area contributed by atoms with Gasteiger partial charge in [-0.1, -0.05) is 0 Å². The maximum Gasteiger partial charge on any atom is 0.341 e. The van der Waals surface area contributed by atoms with Crippen molar-refractivity contribution in [1.82, 2.24) is 9.88 Å². The highest BCUT2D eigenvalue weighted by molar-refractivity contribution is 5.97. The second kappa shape index (κ2) is 8.23. The van der Waals surface area contributed by atoms with E-state index in [0.29, 0.717) is 43.2 Å². The van der Waals surface area contributed by atoms with Crippen molar-refractivity contribution in [3.63, 3.8) is 0 Å². The van der Waals surface area contributed by atoms with Gasteiger partial charge in [0.1, 0.15) is 11.3 Å². The molecule has 0 spiro atoms. The fourth-order valence-electron chi connectivity index (χ4n) is 4.09. The van der Waals surface area contributed by atoms with E-state index in [2.05, 4.69) is 5.32 Å². The molecule has 0 amide bonds. The second-order valence-electron chi connectivity index (χ2n) is 7.68. The van der Waals surface area contributed by atoms with E-state index in [9.17, 15) is 14.7 Å². The molecular formula is C21H26FN3O5. The molecule has 0 bridgehead atoms. The van der Waals surface area contributed by atoms with Crippen molar-refractivity contribution in [2.75, 3.05) is 44.8 Å². The van der Waals surface area contributed by atoms with Crippen LogP contribution in [-0.4, -0.2) is 61.6 Å². The van der Waals surface area contributed by atoms with Gasteiger partial charge < -0.3 is 29.4 Å². The number of carboxylic acids is 1. The summed E-state index contributed by atoms with van der Waals surface area (Å²) in [5, 5.41) is 12.6. The number of halogens is 1. The van der Waals surface area contributed by atoms with Crippen molar-refractivity contribution in [3.05, 3.63) is 33.9 Å². The number of nitrogens with zero attached hydrogens (tertiary/aromatic N) is 2. The Labute approximate surface area is 173 Å². The molecule has 1 atom stereocenters. The van der Waals surface area contributed by atoms with Gasteiger partial charge in [0.05, 0.1) is 30.2 Å². The van der Waals surface area contributed by atoms with Gasteiger partial charge in [0, 0.05) is 31.9 Å². The lowest BCUT2D eigenvalue weighted by molar-refractivity contribution is 0.0418. The van der Waals surface area contributed by atoms with Crippen molar-refractivity contribution in [3.8, 4) is 5.75 Å². The van der Waals surface area contributed by atoms with Crippen LogP contribution < -0.4 is 20.4 Å². The maximum absolute atomic E-state index is 15.4. The number of hydrogen-bond acceptors (Lipinski definition) is 6. The molecule has 1 aromatic carbocycles. The van der Waals surface area contributed by atoms with Gasteiger partial charge in [-0.3, -0.25) is 4.79 Å². The number of hydrogen-bond donors (Lipinski definition) is 2. The average Bonchev–Trinajstić information content (AvgIpc) is 3.54. The molecular weight excluding hydrogens is 393 g/mol. The van der Waals surface area contributed by atoms with Crippen LogP contribution in [0.25, 0.3) is 10.9 Å². The molecule has 1 aromatic heterocycles. The quantitative estimate of drug-likeness (QED) is 0.709. The highest BCUT2D eigenvalue weighted by atomic mass is 19.1. The number of likely N-dealkylation sites (N-methyl/N-ethyl adjacent to an activating group) is 1. The summed E-state index contributed by atoms with van der Waals surface area (Å²) in [4.78, 5) is 26.3. The number of morpholine rings is 1. The van der Waals surface area contributed by atoms with Crippen molar-refractivity contribution >= 4 is 22.6 Å². The molecule has 2 aliphatic rings. The molecule has 4 rings (SSSR count). The Morgan fingerprint density at radius 1 is 1.43 bits per heavy atom. The predicted molar refractivity (Wildman–Crippen MR) is 110 cm³/mol. The number of ether oxygens (including phenoxy) is 2. The number of nitrogens with one attached hydrogen (secondary N) is 1. The normalized spacial score (nSPS) is 19.3. The summed E-state index contributed by atoms with van der Waals surface area (Å²) in [6.45, 7) is 4.13. The highest BCUT2D eigenvalue weighted by Crippen LogP contribution is 2.44. The summed E-state index contributed by atoms with van der Waals surface area (Å²) in [5.41, 5.74) is -0.298. The summed E-state index contributed by atoms with van der Waals surface area (Å²) >= 11 is 0. The third kappa shape index (κ3) is 3.63. The van der Waals surface area contributed by atoms with Crippen molar-refractivity contribution in [2.45, 2.75) is 31.9 Å². The first-order valence-electron chi connectivity index (χ1n) is 10.2. The molecule has 1 unspecified atom stereocenters. The molecule has 1 aliphatic carbocycles. The minimum atomic E-state index is -1.32. The number of rotatable bonds is 7. The molecule has 0 radical (unpaired) electrons. The van der Waals surface area contributed by atoms with Gasteiger partial charge in [-0.05, 0) is 32.9 Å². The largest absolute Gasteiger partial charge is 0.489 e. The van der Waals surface area contributed by atoms with Crippen LogP contribution in [0.2, 0.25) is 0 Å². The summed E-state index contributed by atoms with van der Waals surface area (Å²) in [7, 11) is 1.83. The molecule has 30 heavy (non-hydrogen) atoms. The molecule has 2 fully saturated rings. The number of anilines is 1. The second-order valence-corrected chi connectivity index (χ2v) is 7.68. The summed E-state index contributed by atoms with van der Waals surface area (Å²) in [6.07, 6.45) is 3.01. The third-order valence-corrected chi connectivity index (χ3v) is 5.54. The van der Waals surface area contributed by atoms with Gasteiger partial charge in [-0.25, -0.2) is 9.18 Å². The minimum Gasteiger partial charge on any atom is -0.489 e. The van der Waals surface area contributed by atoms with Gasteiger partial charge in [0.25, 0.3) is 0 Å². The third-order valence-electron chi connectivity index (χ3n) is 5.54. The zero-order valence-electron chi connectivity index (χ0n) is 17.1. The van der Waals surface area contributed by atoms with Crippen LogP contribution in [0.5, 0.6) is 5.75 Å². The van der Waals surface area contributed by atoms with Crippen LogP contribution in [0.4, 0.5) is 10.1 Å². The number of carbonyl (C=O) groups is 1. The Morgan fingerprint density at radius 3 is 2.83 bits per heavy atom. The molecule has 9 heteroatoms. The van der Waals surface area contributed by atoms with Crippen LogP contribution in [0.3, 0.4) is 0 Å². The van der Waals surface area contributed by atoms with E-state index < -0.39 is 17.2 Å². The summed E-state index contributed by atoms with van der Waals surface area (Å²) in [6, 6.07) is 1.23. The van der Waals surface area contributed by atoms with E-state index in [0.717, 1.165) is 18.9 Å². The van der Waals surface area contributed by atoms with Crippen LogP contribution in [0, 0.1) is 5.82 Å². The zero-order chi connectivity index (χ0) is 21.4. The van der Waals surface area contributed by atoms with E-state index in [1.54, 1.807) is 11.5 Å². The van der Waals surface area contributed by atoms with Gasteiger partial charge in [-0.2, -0.15) is 0 Å². The first kappa shape index (κ1) is 20.6. The van der Waals surface area contributed by atoms with Crippen molar-refractivity contribution in [2.24, 2.45) is 0 Å². The average molecular weight is 419 g/mol. The Hall–Kier alpha value is -2.65. The number of benzene rings is 1. The van der Waals surface area contributed by atoms with Crippen LogP contribution in [0.1, 0.15) is 36.2 Å². The SMILES string of the molecule is CCOc1c(N2CCOC(CNC)C2)c(F)cc2c(=O)c(C(=O)O)cn(C3CC3)c12. The van der Waals surface area contributed by atoms with Crippen LogP contribution >= 0.6 is 0 Å². The van der Waals surface area contributed by atoms with Gasteiger partial charge in [0.2, 0.25) is 5.43 Å². The van der Waals surface area contributed by atoms with Crippen molar-refractivity contribution in [1.29, 1.82) is 0 Å². The topological polar surface area (TPSA) is 93.0 Å². The fraction of sp³-hybridized carbons (Fsp3) is 0.524. The molecule has 2 heterocycles. The number of aromatic nitrogens is 1. The van der Waals surface area contributed by atoms with Crippen molar-refractivity contribution < 1.29 is 23.8 Å². The molecule has 1 saturated heterocycles. The number of carboxylic acid groups (broad SMARTS) is 1. The monoisotopic (exact) mass is 419 g/mol. The van der Waals surface area contributed by atoms with Crippen LogP contribution in [-0.2, 0) is 4.74 Å². The van der Waals surface area contributed by atoms with Gasteiger partial charge in [0.15, 0.2) is 11.6 Å². The molecule has 2 N–H and O–H groups in total. The Balaban J connectivity index is 1.96. The zero-order valence-corrected chi connectivity index (χ0v) is 17.1. The summed E-state index contributed by atoms with van der Waals surface area (Å²) < 4.78 is 28.8. The lowest BCUT2D eigenvalue weighted by Crippen LogP contribution is -2.46. The molecule has 1 saturated carbocycles. The standard InChI is InChI=1S/C21H26FN3O5/c1-3-29-20-17-14(19(26)15(21(27)28)11-25(17)12-4-5-12)8-16(22)18(20)24-6-7-30-13(10-24)9-23-2/h8,11-13,23H,3-7,9-10H2,1-2H3,(H,27,28). The minimum absolute atomic E-state index is 0.0338. The van der Waals surface area contributed by atoms with Gasteiger partial charge in [-0.15, -0.1) is 0 Å². The smallest absolute Gasteiger partial charge is 0.341 e. The first-order chi connectivity index (χ1) is 14.5. The van der Waals surface area contributed by atoms with E-state index in [1.807, 2.05) is 11.9 Å². The highest BCUT2D eigenvalue weighted by Gasteiger charge is 2.32. The van der Waals surface area contributed by atoms with E-state index in [4.69, 9.17) is 9.47 Å². The molecule has 1 aliphatic heterocycles. The lowest BCUT2D eigenvalue weighted by Gasteiger charge is -2.36. The first-order valence-corrected chi connectivity index (χ1v) is 10.2. The van der Waals surface area contributed by atoms with E-state index >= 15 is 4.39 Å². The van der Waals surface area contributed by atoms with Crippen LogP contribution in [0.15, 0.2) is 17.1 Å². The Bertz CT molecular complexity index is 1030. The van der Waals surface area contributed by atoms with E-state index in [-0.39, 0.29) is 29.7 Å². The van der Waals surface area contributed by atoms with E-state index in [1.165, 1.54) is 6.20 Å². The fourth-order valence-corrected chi connectivity index (χ4v) is 4.09. The maximum atomic E-state index is 15.4. The molecule has 2 aromatic rings. The predicted octanol–water partition coefficient (Wildman–Crippen LogP) is 2.00. The Kier molecular flexibility index (Phi) is 5.66. The number of fused-ring (bicyclic) bond motifs is 1. The number of aromatic carboxylic acids is 1. The number of pyridine rings is 1. The van der Waals surface area contributed by atoms with Gasteiger partial charge >= 0.3 is 5.97 Å². The molecule has 162 valence electrons. The Morgan fingerprint density at radius 2 is 2.20 bits per heavy atom. The lowest BCUT2D eigenvalue weighted by atomic mass is 10.1. The summed E-state index contributed by atoms with van der Waals surface area (Å²) in [5.74, 6) is -1.63.